The molecule has 0 radical (unpaired) electrons. The van der Waals surface area contributed by atoms with E-state index in [4.69, 9.17) is 4.74 Å². The Kier molecular flexibility index (Phi) is 5.81. The Bertz CT molecular complexity index is 1050. The number of methoxy groups -OCH3 is 1. The second-order valence-electron chi connectivity index (χ2n) is 6.23. The van der Waals surface area contributed by atoms with E-state index in [0.29, 0.717) is 39.8 Å². The molecule has 0 bridgehead atoms. The van der Waals surface area contributed by atoms with Crippen molar-refractivity contribution in [1.82, 2.24) is 10.3 Å². The Morgan fingerprint density at radius 3 is 2.48 bits per heavy atom. The third-order valence-electron chi connectivity index (χ3n) is 4.31. The Morgan fingerprint density at radius 1 is 1.14 bits per heavy atom. The van der Waals surface area contributed by atoms with Gasteiger partial charge in [-0.25, -0.2) is 4.98 Å². The molecule has 0 saturated carbocycles. The number of amides is 1. The molecule has 0 atom stereocenters. The molecule has 0 aliphatic heterocycles. The van der Waals surface area contributed by atoms with Gasteiger partial charge in [0.1, 0.15) is 12.0 Å². The van der Waals surface area contributed by atoms with Gasteiger partial charge >= 0.3 is 6.18 Å². The molecule has 0 unspecified atom stereocenters. The van der Waals surface area contributed by atoms with E-state index in [1.165, 1.54) is 19.2 Å². The molecule has 5 nitrogen and oxygen atoms in total. The maximum Gasteiger partial charge on any atom is 0.416 e. The van der Waals surface area contributed by atoms with Crippen LogP contribution in [0.5, 0.6) is 5.75 Å². The van der Waals surface area contributed by atoms with Gasteiger partial charge in [-0.15, -0.1) is 0 Å². The summed E-state index contributed by atoms with van der Waals surface area (Å²) in [7, 11) is 1.48. The largest absolute Gasteiger partial charge is 0.496 e. The molecule has 0 aliphatic rings. The van der Waals surface area contributed by atoms with Gasteiger partial charge in [0.25, 0.3) is 5.91 Å². The number of alkyl halides is 3. The highest BCUT2D eigenvalue weighted by molar-refractivity contribution is 5.99. The predicted molar refractivity (Wildman–Crippen MR) is 102 cm³/mol. The van der Waals surface area contributed by atoms with E-state index in [1.54, 1.807) is 24.3 Å². The van der Waals surface area contributed by atoms with Crippen LogP contribution in [0.15, 0.2) is 48.5 Å². The normalized spacial score (nSPS) is 11.3. The van der Waals surface area contributed by atoms with Crippen LogP contribution in [-0.2, 0) is 11.0 Å². The highest BCUT2D eigenvalue weighted by Gasteiger charge is 2.30. The van der Waals surface area contributed by atoms with E-state index < -0.39 is 11.7 Å². The fourth-order valence-corrected chi connectivity index (χ4v) is 2.83. The highest BCUT2D eigenvalue weighted by Crippen LogP contribution is 2.33. The van der Waals surface area contributed by atoms with Crippen LogP contribution in [0.25, 0.3) is 22.2 Å². The van der Waals surface area contributed by atoms with Crippen LogP contribution >= 0.6 is 0 Å². The Hall–Kier alpha value is -3.42. The molecular weight excluding hydrogens is 385 g/mol. The lowest BCUT2D eigenvalue weighted by Crippen LogP contribution is -2.24. The van der Waals surface area contributed by atoms with Gasteiger partial charge in [0.05, 0.1) is 23.9 Å². The lowest BCUT2D eigenvalue weighted by atomic mass is 10.0. The maximum atomic E-state index is 12.8. The van der Waals surface area contributed by atoms with Crippen LogP contribution in [0.3, 0.4) is 0 Å². The number of carbonyl (C=O) groups excluding carboxylic acids is 2. The van der Waals surface area contributed by atoms with Gasteiger partial charge in [-0.1, -0.05) is 12.1 Å². The van der Waals surface area contributed by atoms with Gasteiger partial charge in [0, 0.05) is 35.5 Å². The fraction of sp³-hybridized carbons (Fsp3) is 0.190. The fourth-order valence-electron chi connectivity index (χ4n) is 2.83. The van der Waals surface area contributed by atoms with Crippen molar-refractivity contribution in [2.24, 2.45) is 0 Å². The van der Waals surface area contributed by atoms with Crippen molar-refractivity contribution in [3.05, 3.63) is 59.7 Å². The van der Waals surface area contributed by atoms with Crippen LogP contribution in [0, 0.1) is 0 Å². The van der Waals surface area contributed by atoms with Crippen molar-refractivity contribution in [3.8, 4) is 17.0 Å². The number of nitrogens with zero attached hydrogens (tertiary/aromatic N) is 1. The molecule has 29 heavy (non-hydrogen) atoms. The zero-order chi connectivity index (χ0) is 21.0. The second kappa shape index (κ2) is 8.30. The number of nitrogens with one attached hydrogen (secondary N) is 1. The minimum atomic E-state index is -4.42. The number of pyridine rings is 1. The van der Waals surface area contributed by atoms with Gasteiger partial charge in [-0.05, 0) is 30.3 Å². The minimum absolute atomic E-state index is 0.212. The number of carbonyl (C=O) groups is 2. The average Bonchev–Trinajstić information content (AvgIpc) is 2.72. The highest BCUT2D eigenvalue weighted by atomic mass is 19.4. The third-order valence-corrected chi connectivity index (χ3v) is 4.31. The summed E-state index contributed by atoms with van der Waals surface area (Å²) in [6.07, 6.45) is -3.49. The van der Waals surface area contributed by atoms with Gasteiger partial charge in [0.2, 0.25) is 0 Å². The molecule has 150 valence electrons. The molecule has 0 saturated heterocycles. The number of ether oxygens (including phenoxy) is 1. The monoisotopic (exact) mass is 402 g/mol. The summed E-state index contributed by atoms with van der Waals surface area (Å²) in [6, 6.07) is 11.2. The Labute approximate surface area is 164 Å². The lowest BCUT2D eigenvalue weighted by Gasteiger charge is -2.11. The molecule has 1 amide bonds. The van der Waals surface area contributed by atoms with Crippen molar-refractivity contribution in [3.63, 3.8) is 0 Å². The van der Waals surface area contributed by atoms with Gasteiger partial charge < -0.3 is 14.8 Å². The predicted octanol–water partition coefficient (Wildman–Crippen LogP) is 4.25. The van der Waals surface area contributed by atoms with Crippen molar-refractivity contribution in [2.45, 2.75) is 12.6 Å². The summed E-state index contributed by atoms with van der Waals surface area (Å²) in [5, 5.41) is 3.28. The van der Waals surface area contributed by atoms with E-state index in [9.17, 15) is 22.8 Å². The van der Waals surface area contributed by atoms with Crippen molar-refractivity contribution >= 4 is 23.1 Å². The first-order chi connectivity index (χ1) is 13.8. The van der Waals surface area contributed by atoms with Crippen LogP contribution < -0.4 is 10.1 Å². The Morgan fingerprint density at radius 2 is 1.86 bits per heavy atom. The molecule has 2 aromatic carbocycles. The van der Waals surface area contributed by atoms with Gasteiger partial charge in [0.15, 0.2) is 0 Å². The molecule has 3 rings (SSSR count). The first-order valence-electron chi connectivity index (χ1n) is 8.71. The van der Waals surface area contributed by atoms with Crippen LogP contribution in [0.4, 0.5) is 13.2 Å². The molecule has 8 heteroatoms. The number of halogens is 3. The zero-order valence-electron chi connectivity index (χ0n) is 15.4. The summed E-state index contributed by atoms with van der Waals surface area (Å²) >= 11 is 0. The maximum absolute atomic E-state index is 12.8. The quantitative estimate of drug-likeness (QED) is 0.495. The summed E-state index contributed by atoms with van der Waals surface area (Å²) in [4.78, 5) is 27.1. The topological polar surface area (TPSA) is 68.3 Å². The van der Waals surface area contributed by atoms with Crippen molar-refractivity contribution in [2.75, 3.05) is 13.7 Å². The summed E-state index contributed by atoms with van der Waals surface area (Å²) in [5.41, 5.74) is 0.966. The van der Waals surface area contributed by atoms with E-state index in [1.807, 2.05) is 0 Å². The summed E-state index contributed by atoms with van der Waals surface area (Å²) in [6.45, 7) is 0.225. The standard InChI is InChI=1S/C21H17F3N2O3/c1-29-19-12-17(13-3-6-15(7-4-13)21(22,23)24)26-18-11-14(5-8-16(18)19)20(28)25-9-2-10-27/h3-8,10-12H,2,9H2,1H3,(H,25,28). The molecule has 1 N–H and O–H groups in total. The molecular formula is C21H17F3N2O3. The number of aldehydes is 1. The number of fused-ring (bicyclic) bond motifs is 1. The van der Waals surface area contributed by atoms with Crippen LogP contribution in [-0.4, -0.2) is 30.8 Å². The number of hydrogen-bond acceptors (Lipinski definition) is 4. The molecule has 0 aliphatic carbocycles. The van der Waals surface area contributed by atoms with E-state index >= 15 is 0 Å². The number of aromatic nitrogens is 1. The average molecular weight is 402 g/mol. The number of rotatable bonds is 6. The second-order valence-corrected chi connectivity index (χ2v) is 6.23. The first kappa shape index (κ1) is 20.3. The zero-order valence-corrected chi connectivity index (χ0v) is 15.4. The van der Waals surface area contributed by atoms with Crippen LogP contribution in [0.1, 0.15) is 22.3 Å². The molecule has 1 heterocycles. The molecule has 1 aromatic heterocycles. The smallest absolute Gasteiger partial charge is 0.416 e. The number of benzene rings is 2. The molecule has 3 aromatic rings. The van der Waals surface area contributed by atoms with Gasteiger partial charge in [-0.3, -0.25) is 4.79 Å². The van der Waals surface area contributed by atoms with E-state index in [0.717, 1.165) is 12.1 Å². The Balaban J connectivity index is 2.00. The van der Waals surface area contributed by atoms with Crippen molar-refractivity contribution < 1.29 is 27.5 Å². The molecule has 0 fully saturated rings. The van der Waals surface area contributed by atoms with Crippen molar-refractivity contribution in [1.29, 1.82) is 0 Å². The molecule has 0 spiro atoms. The third kappa shape index (κ3) is 4.53. The lowest BCUT2D eigenvalue weighted by molar-refractivity contribution is -0.137. The van der Waals surface area contributed by atoms with E-state index in [2.05, 4.69) is 10.3 Å². The summed E-state index contributed by atoms with van der Waals surface area (Å²) in [5.74, 6) is 0.132. The van der Waals surface area contributed by atoms with E-state index in [-0.39, 0.29) is 18.9 Å². The van der Waals surface area contributed by atoms with Crippen LogP contribution in [0.2, 0.25) is 0 Å². The summed E-state index contributed by atoms with van der Waals surface area (Å²) < 4.78 is 43.8. The SMILES string of the molecule is COc1cc(-c2ccc(C(F)(F)F)cc2)nc2cc(C(=O)NCCC=O)ccc12. The minimum Gasteiger partial charge on any atom is -0.496 e. The number of hydrogen-bond donors (Lipinski definition) is 1. The van der Waals surface area contributed by atoms with Gasteiger partial charge in [-0.2, -0.15) is 13.2 Å². The first-order valence-corrected chi connectivity index (χ1v) is 8.71.